The fourth-order valence-corrected chi connectivity index (χ4v) is 1.47. The summed E-state index contributed by atoms with van der Waals surface area (Å²) < 4.78 is 1.37. The molecule has 0 saturated carbocycles. The van der Waals surface area contributed by atoms with Crippen LogP contribution >= 0.6 is 11.6 Å². The molecule has 0 fully saturated rings. The highest BCUT2D eigenvalue weighted by atomic mass is 35.5. The zero-order valence-electron chi connectivity index (χ0n) is 10.6. The fourth-order valence-electron chi connectivity index (χ4n) is 1.32. The molecule has 0 aliphatic carbocycles. The number of carbonyl (C=O) groups excluding carboxylic acids is 1. The Morgan fingerprint density at radius 1 is 1.37 bits per heavy atom. The second kappa shape index (κ2) is 5.19. The van der Waals surface area contributed by atoms with Crippen molar-refractivity contribution in [1.29, 1.82) is 0 Å². The summed E-state index contributed by atoms with van der Waals surface area (Å²) in [5, 5.41) is 6.61. The van der Waals surface area contributed by atoms with Gasteiger partial charge in [-0.1, -0.05) is 0 Å². The molecule has 8 nitrogen and oxygen atoms in total. The molecule has 2 aromatic heterocycles. The summed E-state index contributed by atoms with van der Waals surface area (Å²) in [6.07, 6.45) is 1.58. The van der Waals surface area contributed by atoms with Gasteiger partial charge in [0.25, 0.3) is 11.9 Å². The first kappa shape index (κ1) is 13.2. The highest BCUT2D eigenvalue weighted by molar-refractivity contribution is 6.28. The van der Waals surface area contributed by atoms with Crippen LogP contribution < -0.4 is 10.2 Å². The topological polar surface area (TPSA) is 88.8 Å². The third-order valence-corrected chi connectivity index (χ3v) is 2.41. The number of rotatable bonds is 3. The van der Waals surface area contributed by atoms with Crippen molar-refractivity contribution < 1.29 is 4.79 Å². The molecule has 2 rings (SSSR count). The van der Waals surface area contributed by atoms with Crippen LogP contribution in [0.5, 0.6) is 0 Å². The molecule has 100 valence electrons. The second-order valence-corrected chi connectivity index (χ2v) is 4.16. The van der Waals surface area contributed by atoms with E-state index in [0.717, 1.165) is 0 Å². The molecule has 0 radical (unpaired) electrons. The van der Waals surface area contributed by atoms with E-state index >= 15 is 0 Å². The van der Waals surface area contributed by atoms with Gasteiger partial charge in [-0.2, -0.15) is 20.1 Å². The average Bonchev–Trinajstić information content (AvgIpc) is 2.86. The van der Waals surface area contributed by atoms with Gasteiger partial charge >= 0.3 is 0 Å². The molecule has 1 amide bonds. The Bertz CT molecular complexity index is 610. The first-order chi connectivity index (χ1) is 9.01. The number of halogens is 1. The molecule has 0 bridgehead atoms. The maximum Gasteiger partial charge on any atom is 0.271 e. The van der Waals surface area contributed by atoms with Crippen molar-refractivity contribution in [3.05, 3.63) is 23.2 Å². The van der Waals surface area contributed by atoms with Crippen molar-refractivity contribution in [3.63, 3.8) is 0 Å². The highest BCUT2D eigenvalue weighted by Gasteiger charge is 2.12. The SMILES string of the molecule is CNC(=O)c1ccn(-c2nc(Cl)nc(N(C)C)n2)n1. The molecule has 0 aromatic carbocycles. The molecule has 2 heterocycles. The second-order valence-electron chi connectivity index (χ2n) is 3.82. The van der Waals surface area contributed by atoms with Gasteiger partial charge in [-0.05, 0) is 17.7 Å². The molecular formula is C10H12ClN7O. The molecule has 0 saturated heterocycles. The third-order valence-electron chi connectivity index (χ3n) is 2.24. The van der Waals surface area contributed by atoms with Crippen molar-refractivity contribution in [2.75, 3.05) is 26.0 Å². The van der Waals surface area contributed by atoms with Gasteiger partial charge < -0.3 is 10.2 Å². The number of anilines is 1. The Morgan fingerprint density at radius 3 is 2.74 bits per heavy atom. The van der Waals surface area contributed by atoms with Gasteiger partial charge in [0.1, 0.15) is 0 Å². The minimum absolute atomic E-state index is 0.0608. The lowest BCUT2D eigenvalue weighted by Gasteiger charge is -2.10. The van der Waals surface area contributed by atoms with Gasteiger partial charge in [0.2, 0.25) is 11.2 Å². The maximum absolute atomic E-state index is 11.4. The summed E-state index contributed by atoms with van der Waals surface area (Å²) in [6, 6.07) is 1.56. The maximum atomic E-state index is 11.4. The number of nitrogens with one attached hydrogen (secondary N) is 1. The summed E-state index contributed by atoms with van der Waals surface area (Å²) in [6.45, 7) is 0. The largest absolute Gasteiger partial charge is 0.354 e. The molecule has 1 N–H and O–H groups in total. The zero-order chi connectivity index (χ0) is 14.0. The van der Waals surface area contributed by atoms with Crippen LogP contribution in [0.25, 0.3) is 5.95 Å². The molecule has 0 aliphatic rings. The van der Waals surface area contributed by atoms with Crippen LogP contribution in [0.2, 0.25) is 5.28 Å². The molecule has 2 aromatic rings. The van der Waals surface area contributed by atoms with E-state index in [2.05, 4.69) is 25.4 Å². The normalized spacial score (nSPS) is 10.3. The molecule has 0 aliphatic heterocycles. The van der Waals surface area contributed by atoms with Crippen LogP contribution in [-0.2, 0) is 0 Å². The van der Waals surface area contributed by atoms with Gasteiger partial charge in [-0.15, -0.1) is 0 Å². The van der Waals surface area contributed by atoms with E-state index < -0.39 is 0 Å². The Labute approximate surface area is 114 Å². The molecule has 19 heavy (non-hydrogen) atoms. The monoisotopic (exact) mass is 281 g/mol. The summed E-state index contributed by atoms with van der Waals surface area (Å²) in [5.41, 5.74) is 0.269. The Kier molecular flexibility index (Phi) is 3.61. The summed E-state index contributed by atoms with van der Waals surface area (Å²) in [7, 11) is 5.11. The van der Waals surface area contributed by atoms with E-state index in [-0.39, 0.29) is 22.8 Å². The molecule has 9 heteroatoms. The van der Waals surface area contributed by atoms with Crippen molar-refractivity contribution >= 4 is 23.5 Å². The fraction of sp³-hybridized carbons (Fsp3) is 0.300. The lowest BCUT2D eigenvalue weighted by atomic mass is 10.4. The Morgan fingerprint density at radius 2 is 2.11 bits per heavy atom. The number of hydrogen-bond acceptors (Lipinski definition) is 6. The van der Waals surface area contributed by atoms with Crippen LogP contribution in [-0.4, -0.2) is 51.8 Å². The van der Waals surface area contributed by atoms with Crippen molar-refractivity contribution in [2.24, 2.45) is 0 Å². The predicted octanol–water partition coefficient (Wildman–Crippen LogP) is 0.136. The van der Waals surface area contributed by atoms with E-state index in [1.54, 1.807) is 31.3 Å². The van der Waals surface area contributed by atoms with Crippen molar-refractivity contribution in [2.45, 2.75) is 0 Å². The van der Waals surface area contributed by atoms with Crippen LogP contribution in [0.4, 0.5) is 5.95 Å². The molecule has 0 spiro atoms. The summed E-state index contributed by atoms with van der Waals surface area (Å²) in [4.78, 5) is 25.2. The minimum Gasteiger partial charge on any atom is -0.354 e. The number of aromatic nitrogens is 5. The first-order valence-corrected chi connectivity index (χ1v) is 5.76. The quantitative estimate of drug-likeness (QED) is 0.861. The Hall–Kier alpha value is -2.22. The highest BCUT2D eigenvalue weighted by Crippen LogP contribution is 2.11. The van der Waals surface area contributed by atoms with Gasteiger partial charge in [-0.25, -0.2) is 4.68 Å². The van der Waals surface area contributed by atoms with E-state index in [9.17, 15) is 4.79 Å². The number of nitrogens with zero attached hydrogens (tertiary/aromatic N) is 6. The number of amides is 1. The van der Waals surface area contributed by atoms with E-state index in [4.69, 9.17) is 11.6 Å². The summed E-state index contributed by atoms with van der Waals surface area (Å²) >= 11 is 5.83. The smallest absolute Gasteiger partial charge is 0.271 e. The van der Waals surface area contributed by atoms with Crippen LogP contribution in [0, 0.1) is 0 Å². The molecular weight excluding hydrogens is 270 g/mol. The van der Waals surface area contributed by atoms with Crippen LogP contribution in [0.3, 0.4) is 0 Å². The van der Waals surface area contributed by atoms with Crippen molar-refractivity contribution in [3.8, 4) is 5.95 Å². The predicted molar refractivity (Wildman–Crippen MR) is 69.7 cm³/mol. The Balaban J connectivity index is 2.41. The van der Waals surface area contributed by atoms with E-state index in [1.807, 2.05) is 0 Å². The van der Waals surface area contributed by atoms with Gasteiger partial charge in [0, 0.05) is 27.3 Å². The third kappa shape index (κ3) is 2.79. The lowest BCUT2D eigenvalue weighted by Crippen LogP contribution is -2.19. The molecule has 0 atom stereocenters. The van der Waals surface area contributed by atoms with Crippen molar-refractivity contribution in [1.82, 2.24) is 30.0 Å². The van der Waals surface area contributed by atoms with E-state index in [0.29, 0.717) is 5.95 Å². The minimum atomic E-state index is -0.285. The van der Waals surface area contributed by atoms with Gasteiger partial charge in [0.05, 0.1) is 0 Å². The number of carbonyl (C=O) groups is 1. The average molecular weight is 282 g/mol. The summed E-state index contributed by atoms with van der Waals surface area (Å²) in [5.74, 6) is 0.373. The van der Waals surface area contributed by atoms with Gasteiger partial charge in [-0.3, -0.25) is 4.79 Å². The zero-order valence-corrected chi connectivity index (χ0v) is 11.4. The number of hydrogen-bond donors (Lipinski definition) is 1. The molecule has 0 unspecified atom stereocenters. The first-order valence-electron chi connectivity index (χ1n) is 5.38. The van der Waals surface area contributed by atoms with Crippen LogP contribution in [0.1, 0.15) is 10.5 Å². The lowest BCUT2D eigenvalue weighted by molar-refractivity contribution is 0.0957. The van der Waals surface area contributed by atoms with Crippen LogP contribution in [0.15, 0.2) is 12.3 Å². The standard InChI is InChI=1S/C10H12ClN7O/c1-12-7(19)6-4-5-18(16-6)10-14-8(11)13-9(15-10)17(2)3/h4-5H,1-3H3,(H,12,19). The van der Waals surface area contributed by atoms with E-state index in [1.165, 1.54) is 11.7 Å². The van der Waals surface area contributed by atoms with Gasteiger partial charge in [0.15, 0.2) is 5.69 Å².